The van der Waals surface area contributed by atoms with Gasteiger partial charge in [0.2, 0.25) is 10.0 Å². The summed E-state index contributed by atoms with van der Waals surface area (Å²) in [4.78, 5) is 23.8. The molecule has 1 fully saturated rings. The number of rotatable bonds is 6. The summed E-state index contributed by atoms with van der Waals surface area (Å²) in [6, 6.07) is 4.92. The Bertz CT molecular complexity index is 1140. The summed E-state index contributed by atoms with van der Waals surface area (Å²) in [5.74, 6) is -6.84. The lowest BCUT2D eigenvalue weighted by molar-refractivity contribution is -0.119. The number of nitrogens with zero attached hydrogens (tertiary/aromatic N) is 1. The van der Waals surface area contributed by atoms with E-state index >= 15 is 0 Å². The molecule has 31 heavy (non-hydrogen) atoms. The van der Waals surface area contributed by atoms with Crippen molar-refractivity contribution >= 4 is 39.2 Å². The van der Waals surface area contributed by atoms with Crippen LogP contribution in [0.2, 0.25) is 5.02 Å². The Morgan fingerprint density at radius 2 is 1.74 bits per heavy atom. The Balaban J connectivity index is 1.68. The van der Waals surface area contributed by atoms with E-state index in [1.807, 2.05) is 5.32 Å². The second-order valence-electron chi connectivity index (χ2n) is 6.60. The van der Waals surface area contributed by atoms with Crippen LogP contribution in [0.4, 0.5) is 18.9 Å². The van der Waals surface area contributed by atoms with Crippen molar-refractivity contribution in [3.05, 3.63) is 58.4 Å². The van der Waals surface area contributed by atoms with E-state index in [-0.39, 0.29) is 15.5 Å². The van der Waals surface area contributed by atoms with E-state index in [1.165, 1.54) is 16.4 Å². The Hall–Kier alpha value is -2.63. The molecule has 0 aliphatic carbocycles. The molecule has 0 atom stereocenters. The first-order valence-corrected chi connectivity index (χ1v) is 10.8. The van der Waals surface area contributed by atoms with Gasteiger partial charge in [0, 0.05) is 13.1 Å². The fourth-order valence-electron chi connectivity index (χ4n) is 2.92. The van der Waals surface area contributed by atoms with Gasteiger partial charge >= 0.3 is 5.97 Å². The third-order valence-electron chi connectivity index (χ3n) is 4.49. The molecular weight excluding hydrogens is 461 g/mol. The Labute approximate surface area is 180 Å². The molecule has 0 bridgehead atoms. The van der Waals surface area contributed by atoms with Gasteiger partial charge in [-0.1, -0.05) is 11.6 Å². The summed E-state index contributed by atoms with van der Waals surface area (Å²) in [6.45, 7) is -0.198. The van der Waals surface area contributed by atoms with Gasteiger partial charge in [0.05, 0.1) is 16.3 Å². The number of hydrogen-bond acceptors (Lipinski definition) is 5. The van der Waals surface area contributed by atoms with E-state index in [4.69, 9.17) is 16.3 Å². The van der Waals surface area contributed by atoms with Gasteiger partial charge in [-0.25, -0.2) is 26.4 Å². The van der Waals surface area contributed by atoms with E-state index in [9.17, 15) is 31.2 Å². The highest BCUT2D eigenvalue weighted by atomic mass is 35.5. The molecule has 2 aromatic carbocycles. The van der Waals surface area contributed by atoms with Gasteiger partial charge in [-0.05, 0) is 43.2 Å². The maximum atomic E-state index is 13.6. The van der Waals surface area contributed by atoms with Gasteiger partial charge in [-0.3, -0.25) is 4.79 Å². The zero-order valence-electron chi connectivity index (χ0n) is 15.8. The Morgan fingerprint density at radius 1 is 1.06 bits per heavy atom. The molecule has 1 aliphatic heterocycles. The minimum absolute atomic E-state index is 0.0741. The standard InChI is InChI=1S/C19H16ClF3N2O5S/c20-12-4-3-11(9-15(12)31(28,29)25-7-1-2-8-25)19(27)30-10-16(26)24-14-6-5-13(21)17(22)18(14)23/h3-6,9H,1-2,7-8,10H2,(H,24,26). The predicted molar refractivity (Wildman–Crippen MR) is 105 cm³/mol. The number of esters is 1. The number of amides is 1. The van der Waals surface area contributed by atoms with Crippen molar-refractivity contribution in [3.63, 3.8) is 0 Å². The summed E-state index contributed by atoms with van der Waals surface area (Å²) in [7, 11) is -3.90. The van der Waals surface area contributed by atoms with Crippen molar-refractivity contribution in [2.75, 3.05) is 25.0 Å². The number of halogens is 4. The third-order valence-corrected chi connectivity index (χ3v) is 6.87. The van der Waals surface area contributed by atoms with Crippen LogP contribution in [-0.4, -0.2) is 44.3 Å². The summed E-state index contributed by atoms with van der Waals surface area (Å²) >= 11 is 6.01. The number of ether oxygens (including phenoxy) is 1. The van der Waals surface area contributed by atoms with Gasteiger partial charge < -0.3 is 10.1 Å². The molecule has 2 aromatic rings. The largest absolute Gasteiger partial charge is 0.452 e. The monoisotopic (exact) mass is 476 g/mol. The van der Waals surface area contributed by atoms with Crippen LogP contribution in [0.1, 0.15) is 23.2 Å². The van der Waals surface area contributed by atoms with Gasteiger partial charge in [0.1, 0.15) is 4.90 Å². The lowest BCUT2D eigenvalue weighted by atomic mass is 10.2. The third kappa shape index (κ3) is 5.00. The van der Waals surface area contributed by atoms with Crippen molar-refractivity contribution in [3.8, 4) is 0 Å². The van der Waals surface area contributed by atoms with Gasteiger partial charge in [-0.15, -0.1) is 0 Å². The lowest BCUT2D eigenvalue weighted by Crippen LogP contribution is -2.28. The number of carbonyl (C=O) groups is 2. The minimum atomic E-state index is -3.90. The summed E-state index contributed by atoms with van der Waals surface area (Å²) in [5.41, 5.74) is -0.806. The zero-order valence-corrected chi connectivity index (χ0v) is 17.4. The second-order valence-corrected chi connectivity index (χ2v) is 8.92. The van der Waals surface area contributed by atoms with Crippen LogP contribution in [0.25, 0.3) is 0 Å². The van der Waals surface area contributed by atoms with E-state index in [0.29, 0.717) is 32.0 Å². The summed E-state index contributed by atoms with van der Waals surface area (Å²) < 4.78 is 71.2. The average Bonchev–Trinajstić information content (AvgIpc) is 3.28. The molecule has 12 heteroatoms. The zero-order chi connectivity index (χ0) is 22.8. The quantitative estimate of drug-likeness (QED) is 0.510. The van der Waals surface area contributed by atoms with Crippen LogP contribution in [0, 0.1) is 17.5 Å². The highest BCUT2D eigenvalue weighted by molar-refractivity contribution is 7.89. The molecule has 166 valence electrons. The molecular formula is C19H16ClF3N2O5S. The molecule has 3 rings (SSSR count). The second kappa shape index (κ2) is 9.25. The molecule has 7 nitrogen and oxygen atoms in total. The van der Waals surface area contributed by atoms with Gasteiger partial charge in [0.25, 0.3) is 5.91 Å². The molecule has 1 N–H and O–H groups in total. The highest BCUT2D eigenvalue weighted by Gasteiger charge is 2.30. The van der Waals surface area contributed by atoms with Gasteiger partial charge in [-0.2, -0.15) is 4.31 Å². The first-order valence-electron chi connectivity index (χ1n) is 9.01. The van der Waals surface area contributed by atoms with E-state index in [2.05, 4.69) is 0 Å². The minimum Gasteiger partial charge on any atom is -0.452 e. The van der Waals surface area contributed by atoms with E-state index in [1.54, 1.807) is 0 Å². The number of carbonyl (C=O) groups excluding carboxylic acids is 2. The fourth-order valence-corrected chi connectivity index (χ4v) is 4.94. The molecule has 0 unspecified atom stereocenters. The first kappa shape index (κ1) is 23.0. The highest BCUT2D eigenvalue weighted by Crippen LogP contribution is 2.28. The topological polar surface area (TPSA) is 92.8 Å². The maximum Gasteiger partial charge on any atom is 0.338 e. The van der Waals surface area contributed by atoms with Crippen molar-refractivity contribution in [2.24, 2.45) is 0 Å². The number of anilines is 1. The summed E-state index contributed by atoms with van der Waals surface area (Å²) in [6.07, 6.45) is 1.43. The number of benzene rings is 2. The van der Waals surface area contributed by atoms with Crippen molar-refractivity contribution in [1.29, 1.82) is 0 Å². The van der Waals surface area contributed by atoms with Crippen molar-refractivity contribution < 1.29 is 35.9 Å². The van der Waals surface area contributed by atoms with Crippen molar-refractivity contribution in [2.45, 2.75) is 17.7 Å². The molecule has 0 saturated carbocycles. The molecule has 0 aromatic heterocycles. The van der Waals surface area contributed by atoms with Crippen LogP contribution in [-0.2, 0) is 19.6 Å². The molecule has 0 spiro atoms. The van der Waals surface area contributed by atoms with E-state index in [0.717, 1.165) is 12.1 Å². The average molecular weight is 477 g/mol. The SMILES string of the molecule is O=C(COC(=O)c1ccc(Cl)c(S(=O)(=O)N2CCCC2)c1)Nc1ccc(F)c(F)c1F. The van der Waals surface area contributed by atoms with Gasteiger partial charge in [0.15, 0.2) is 24.1 Å². The van der Waals surface area contributed by atoms with Crippen LogP contribution in [0.5, 0.6) is 0 Å². The first-order chi connectivity index (χ1) is 14.6. The lowest BCUT2D eigenvalue weighted by Gasteiger charge is -2.17. The Morgan fingerprint density at radius 3 is 2.42 bits per heavy atom. The maximum absolute atomic E-state index is 13.6. The number of nitrogens with one attached hydrogen (secondary N) is 1. The predicted octanol–water partition coefficient (Wildman–Crippen LogP) is 3.34. The Kier molecular flexibility index (Phi) is 6.87. The molecule has 1 heterocycles. The van der Waals surface area contributed by atoms with Crippen LogP contribution in [0.15, 0.2) is 35.2 Å². The smallest absolute Gasteiger partial charge is 0.338 e. The summed E-state index contributed by atoms with van der Waals surface area (Å²) in [5, 5.41) is 1.87. The fraction of sp³-hybridized carbons (Fsp3) is 0.263. The number of hydrogen-bond donors (Lipinski definition) is 1. The number of sulfonamides is 1. The molecule has 1 saturated heterocycles. The molecule has 1 aliphatic rings. The molecule has 1 amide bonds. The van der Waals surface area contributed by atoms with Crippen LogP contribution < -0.4 is 5.32 Å². The van der Waals surface area contributed by atoms with Crippen LogP contribution in [0.3, 0.4) is 0 Å². The normalized spacial score (nSPS) is 14.5. The molecule has 0 radical (unpaired) electrons. The van der Waals surface area contributed by atoms with Crippen molar-refractivity contribution in [1.82, 2.24) is 4.31 Å². The van der Waals surface area contributed by atoms with Crippen LogP contribution >= 0.6 is 11.6 Å². The van der Waals surface area contributed by atoms with E-state index < -0.39 is 51.6 Å².